The lowest BCUT2D eigenvalue weighted by atomic mass is 9.73. The van der Waals surface area contributed by atoms with Crippen LogP contribution in [0.25, 0.3) is 0 Å². The normalized spacial score (nSPS) is 17.2. The van der Waals surface area contributed by atoms with Crippen molar-refractivity contribution in [3.05, 3.63) is 28.5 Å². The summed E-state index contributed by atoms with van der Waals surface area (Å²) in [6, 6.07) is 2.79. The Labute approximate surface area is 117 Å². The molecule has 0 radical (unpaired) electrons. The molecule has 0 aliphatic carbocycles. The number of carbonyl (C=O) groups is 1. The minimum atomic E-state index is -0.844. The van der Waals surface area contributed by atoms with Crippen LogP contribution in [-0.2, 0) is 10.3 Å². The van der Waals surface area contributed by atoms with Crippen molar-refractivity contribution in [3.63, 3.8) is 0 Å². The van der Waals surface area contributed by atoms with E-state index in [0.29, 0.717) is 11.3 Å². The number of hydrogen-bond donors (Lipinski definition) is 1. The fourth-order valence-electron chi connectivity index (χ4n) is 2.84. The van der Waals surface area contributed by atoms with Gasteiger partial charge in [0.05, 0.1) is 10.7 Å². The van der Waals surface area contributed by atoms with Crippen molar-refractivity contribution in [2.24, 2.45) is 11.8 Å². The molecule has 0 aromatic heterocycles. The van der Waals surface area contributed by atoms with E-state index in [1.807, 2.05) is 27.7 Å². The summed E-state index contributed by atoms with van der Waals surface area (Å²) in [7, 11) is 0. The Kier molecular flexibility index (Phi) is 3.47. The molecule has 19 heavy (non-hydrogen) atoms. The van der Waals surface area contributed by atoms with Crippen molar-refractivity contribution in [2.75, 3.05) is 5.32 Å². The summed E-state index contributed by atoms with van der Waals surface area (Å²) < 4.78 is 19.3. The summed E-state index contributed by atoms with van der Waals surface area (Å²) in [6.07, 6.45) is -0.530. The van der Waals surface area contributed by atoms with Gasteiger partial charge in [-0.05, 0) is 24.0 Å². The molecule has 1 heterocycles. The van der Waals surface area contributed by atoms with Crippen LogP contribution in [-0.4, -0.2) is 6.09 Å². The fraction of sp³-hybridized carbons (Fsp3) is 0.500. The molecule has 5 heteroatoms. The summed E-state index contributed by atoms with van der Waals surface area (Å²) >= 11 is 5.78. The zero-order valence-electron chi connectivity index (χ0n) is 11.4. The monoisotopic (exact) mass is 285 g/mol. The summed E-state index contributed by atoms with van der Waals surface area (Å²) in [4.78, 5) is 11.8. The summed E-state index contributed by atoms with van der Waals surface area (Å²) in [5.41, 5.74) is 0.312. The van der Waals surface area contributed by atoms with Crippen LogP contribution in [0, 0.1) is 17.7 Å². The number of cyclic esters (lactones) is 1. The number of anilines is 1. The Balaban J connectivity index is 2.72. The number of amides is 1. The van der Waals surface area contributed by atoms with Gasteiger partial charge in [-0.15, -0.1) is 0 Å². The predicted octanol–water partition coefficient (Wildman–Crippen LogP) is 4.55. The van der Waals surface area contributed by atoms with Gasteiger partial charge >= 0.3 is 6.09 Å². The summed E-state index contributed by atoms with van der Waals surface area (Å²) in [5, 5.41) is 2.57. The van der Waals surface area contributed by atoms with E-state index in [1.54, 1.807) is 0 Å². The maximum Gasteiger partial charge on any atom is 0.412 e. The number of halogens is 2. The second kappa shape index (κ2) is 4.67. The van der Waals surface area contributed by atoms with Gasteiger partial charge in [0.15, 0.2) is 0 Å². The van der Waals surface area contributed by atoms with E-state index in [2.05, 4.69) is 5.32 Å². The molecule has 0 atom stereocenters. The van der Waals surface area contributed by atoms with Crippen LogP contribution in [0.5, 0.6) is 0 Å². The van der Waals surface area contributed by atoms with Gasteiger partial charge in [0.2, 0.25) is 0 Å². The highest BCUT2D eigenvalue weighted by Gasteiger charge is 2.47. The van der Waals surface area contributed by atoms with E-state index in [1.165, 1.54) is 12.1 Å². The van der Waals surface area contributed by atoms with Crippen LogP contribution >= 0.6 is 11.6 Å². The molecule has 0 fully saturated rings. The maximum atomic E-state index is 13.8. The third-order valence-electron chi connectivity index (χ3n) is 3.70. The molecule has 0 saturated carbocycles. The van der Waals surface area contributed by atoms with Crippen LogP contribution in [0.1, 0.15) is 33.3 Å². The molecule has 1 N–H and O–H groups in total. The molecule has 0 spiro atoms. The van der Waals surface area contributed by atoms with Gasteiger partial charge in [0.1, 0.15) is 11.4 Å². The third kappa shape index (κ3) is 2.08. The van der Waals surface area contributed by atoms with Crippen molar-refractivity contribution in [1.29, 1.82) is 0 Å². The largest absolute Gasteiger partial charge is 0.437 e. The third-order valence-corrected chi connectivity index (χ3v) is 3.98. The minimum Gasteiger partial charge on any atom is -0.437 e. The van der Waals surface area contributed by atoms with Crippen molar-refractivity contribution in [2.45, 2.75) is 33.3 Å². The highest BCUT2D eigenvalue weighted by molar-refractivity contribution is 6.31. The van der Waals surface area contributed by atoms with Crippen LogP contribution in [0.2, 0.25) is 5.02 Å². The van der Waals surface area contributed by atoms with Gasteiger partial charge < -0.3 is 4.74 Å². The fourth-order valence-corrected chi connectivity index (χ4v) is 3.01. The minimum absolute atomic E-state index is 0.0117. The SMILES string of the molecule is CC(C)C1(C(C)C)OC(=O)Nc2cc(Cl)c(F)cc21. The number of fused-ring (bicyclic) bond motifs is 1. The van der Waals surface area contributed by atoms with E-state index < -0.39 is 17.5 Å². The molecule has 1 aromatic rings. The van der Waals surface area contributed by atoms with Crippen molar-refractivity contribution >= 4 is 23.4 Å². The second-order valence-electron chi connectivity index (χ2n) is 5.43. The molecule has 0 saturated heterocycles. The van der Waals surface area contributed by atoms with Crippen LogP contribution < -0.4 is 5.32 Å². The molecular weight excluding hydrogens is 269 g/mol. The number of rotatable bonds is 2. The molecule has 104 valence electrons. The number of benzene rings is 1. The van der Waals surface area contributed by atoms with Gasteiger partial charge in [-0.2, -0.15) is 0 Å². The van der Waals surface area contributed by atoms with E-state index in [-0.39, 0.29) is 16.9 Å². The topological polar surface area (TPSA) is 38.3 Å². The van der Waals surface area contributed by atoms with Gasteiger partial charge in [-0.3, -0.25) is 5.32 Å². The van der Waals surface area contributed by atoms with Crippen LogP contribution in [0.4, 0.5) is 14.9 Å². The number of hydrogen-bond acceptors (Lipinski definition) is 2. The first-order valence-electron chi connectivity index (χ1n) is 6.28. The molecule has 1 aromatic carbocycles. The molecule has 2 rings (SSSR count). The smallest absolute Gasteiger partial charge is 0.412 e. The van der Waals surface area contributed by atoms with Crippen LogP contribution in [0.15, 0.2) is 12.1 Å². The van der Waals surface area contributed by atoms with Crippen LogP contribution in [0.3, 0.4) is 0 Å². The number of carbonyl (C=O) groups excluding carboxylic acids is 1. The van der Waals surface area contributed by atoms with Gasteiger partial charge in [0.25, 0.3) is 0 Å². The van der Waals surface area contributed by atoms with E-state index in [9.17, 15) is 9.18 Å². The summed E-state index contributed by atoms with van der Waals surface area (Å²) in [6.45, 7) is 7.81. The number of nitrogens with one attached hydrogen (secondary N) is 1. The predicted molar refractivity (Wildman–Crippen MR) is 72.9 cm³/mol. The van der Waals surface area contributed by atoms with E-state index >= 15 is 0 Å². The van der Waals surface area contributed by atoms with Gasteiger partial charge in [-0.25, -0.2) is 9.18 Å². The first-order chi connectivity index (χ1) is 8.79. The first kappa shape index (κ1) is 14.1. The highest BCUT2D eigenvalue weighted by Crippen LogP contribution is 2.47. The maximum absolute atomic E-state index is 13.8. The lowest BCUT2D eigenvalue weighted by Gasteiger charge is -2.44. The zero-order valence-corrected chi connectivity index (χ0v) is 12.1. The molecule has 0 bridgehead atoms. The quantitative estimate of drug-likeness (QED) is 0.866. The van der Waals surface area contributed by atoms with Crippen molar-refractivity contribution in [1.82, 2.24) is 0 Å². The average Bonchev–Trinajstić information content (AvgIpc) is 2.29. The second-order valence-corrected chi connectivity index (χ2v) is 5.84. The van der Waals surface area contributed by atoms with Gasteiger partial charge in [0, 0.05) is 5.56 Å². The standard InChI is InChI=1S/C14H17ClFNO2/c1-7(2)14(8(3)4)9-5-11(16)10(15)6-12(9)17-13(18)19-14/h5-8H,1-4H3,(H,17,18). The lowest BCUT2D eigenvalue weighted by Crippen LogP contribution is -2.47. The Bertz CT molecular complexity index is 520. The Morgan fingerprint density at radius 2 is 1.84 bits per heavy atom. The molecule has 1 aliphatic rings. The molecule has 3 nitrogen and oxygen atoms in total. The molecule has 0 unspecified atom stereocenters. The molecule has 1 amide bonds. The van der Waals surface area contributed by atoms with Gasteiger partial charge in [-0.1, -0.05) is 39.3 Å². The summed E-state index contributed by atoms with van der Waals surface area (Å²) in [5.74, 6) is -0.485. The van der Waals surface area contributed by atoms with Crippen molar-refractivity contribution < 1.29 is 13.9 Å². The average molecular weight is 286 g/mol. The Hall–Kier alpha value is -1.29. The molecule has 1 aliphatic heterocycles. The molecular formula is C14H17ClFNO2. The Morgan fingerprint density at radius 1 is 1.26 bits per heavy atom. The zero-order chi connectivity index (χ0) is 14.4. The Morgan fingerprint density at radius 3 is 2.37 bits per heavy atom. The number of ether oxygens (including phenoxy) is 1. The van der Waals surface area contributed by atoms with E-state index in [4.69, 9.17) is 16.3 Å². The van der Waals surface area contributed by atoms with E-state index in [0.717, 1.165) is 0 Å². The lowest BCUT2D eigenvalue weighted by molar-refractivity contribution is -0.0631. The first-order valence-corrected chi connectivity index (χ1v) is 6.66. The van der Waals surface area contributed by atoms with Crippen molar-refractivity contribution in [3.8, 4) is 0 Å². The highest BCUT2D eigenvalue weighted by atomic mass is 35.5.